The van der Waals surface area contributed by atoms with Crippen LogP contribution in [0.3, 0.4) is 0 Å². The van der Waals surface area contributed by atoms with Gasteiger partial charge in [0.25, 0.3) is 0 Å². The maximum Gasteiger partial charge on any atom is 0.115 e. The summed E-state index contributed by atoms with van der Waals surface area (Å²) in [4.78, 5) is 0. The van der Waals surface area contributed by atoms with Crippen molar-refractivity contribution in [3.8, 4) is 11.5 Å². The summed E-state index contributed by atoms with van der Waals surface area (Å²) >= 11 is 0. The summed E-state index contributed by atoms with van der Waals surface area (Å²) in [5, 5.41) is 38.3. The molecule has 4 heteroatoms. The first-order valence-electron chi connectivity index (χ1n) is 8.40. The summed E-state index contributed by atoms with van der Waals surface area (Å²) in [6.07, 6.45) is 2.88. The molecule has 2 aromatic rings. The van der Waals surface area contributed by atoms with Crippen molar-refractivity contribution in [3.05, 3.63) is 59.7 Å². The first kappa shape index (κ1) is 18.3. The lowest BCUT2D eigenvalue weighted by atomic mass is 9.80. The Labute approximate surface area is 143 Å². The predicted molar refractivity (Wildman–Crippen MR) is 94.0 cm³/mol. The van der Waals surface area contributed by atoms with Gasteiger partial charge in [0.15, 0.2) is 0 Å². The van der Waals surface area contributed by atoms with Crippen LogP contribution in [0.4, 0.5) is 0 Å². The van der Waals surface area contributed by atoms with Crippen molar-refractivity contribution in [2.45, 2.75) is 25.7 Å². The van der Waals surface area contributed by atoms with Crippen molar-refractivity contribution in [1.29, 1.82) is 0 Å². The molecule has 0 radical (unpaired) electrons. The zero-order valence-corrected chi connectivity index (χ0v) is 13.8. The molecule has 130 valence electrons. The molecule has 24 heavy (non-hydrogen) atoms. The van der Waals surface area contributed by atoms with Gasteiger partial charge in [0.1, 0.15) is 11.5 Å². The average molecular weight is 330 g/mol. The summed E-state index contributed by atoms with van der Waals surface area (Å²) in [6, 6.07) is 14.3. The lowest BCUT2D eigenvalue weighted by Gasteiger charge is -2.26. The smallest absolute Gasteiger partial charge is 0.115 e. The van der Waals surface area contributed by atoms with Crippen LogP contribution in [-0.2, 0) is 12.8 Å². The topological polar surface area (TPSA) is 80.9 Å². The van der Waals surface area contributed by atoms with Gasteiger partial charge in [-0.15, -0.1) is 0 Å². The normalized spacial score (nSPS) is 13.6. The van der Waals surface area contributed by atoms with E-state index in [1.54, 1.807) is 30.3 Å². The molecule has 2 rings (SSSR count). The molecule has 0 aliphatic rings. The SMILES string of the molecule is OCCC[C@H](Cc1cccc(O)c1)[C@H](CO)Cc1cccc(O)c1. The standard InChI is InChI=1S/C20H26O4/c21-9-3-6-17(10-15-4-1-7-19(23)12-15)18(14-22)11-16-5-2-8-20(24)13-16/h1-2,4-5,7-8,12-13,17-18,21-24H,3,6,9-11,14H2/t17-,18+/m1/s1. The van der Waals surface area contributed by atoms with E-state index in [4.69, 9.17) is 0 Å². The summed E-state index contributed by atoms with van der Waals surface area (Å²) < 4.78 is 0. The molecule has 0 spiro atoms. The molecule has 0 bridgehead atoms. The number of phenols is 2. The zero-order chi connectivity index (χ0) is 17.4. The minimum Gasteiger partial charge on any atom is -0.508 e. The van der Waals surface area contributed by atoms with E-state index in [0.29, 0.717) is 12.8 Å². The van der Waals surface area contributed by atoms with E-state index in [1.807, 2.05) is 18.2 Å². The molecule has 0 unspecified atom stereocenters. The van der Waals surface area contributed by atoms with Gasteiger partial charge < -0.3 is 20.4 Å². The van der Waals surface area contributed by atoms with Crippen LogP contribution >= 0.6 is 0 Å². The molecule has 0 fully saturated rings. The van der Waals surface area contributed by atoms with Crippen LogP contribution in [0.15, 0.2) is 48.5 Å². The Balaban J connectivity index is 2.13. The Hall–Kier alpha value is -2.04. The summed E-state index contributed by atoms with van der Waals surface area (Å²) in [7, 11) is 0. The van der Waals surface area contributed by atoms with Crippen molar-refractivity contribution in [1.82, 2.24) is 0 Å². The van der Waals surface area contributed by atoms with E-state index in [9.17, 15) is 20.4 Å². The van der Waals surface area contributed by atoms with E-state index < -0.39 is 0 Å². The molecule has 0 saturated carbocycles. The van der Waals surface area contributed by atoms with Crippen LogP contribution in [0.1, 0.15) is 24.0 Å². The third-order valence-corrected chi connectivity index (χ3v) is 4.45. The predicted octanol–water partition coefficient (Wildman–Crippen LogP) is 2.88. The monoisotopic (exact) mass is 330 g/mol. The lowest BCUT2D eigenvalue weighted by Crippen LogP contribution is -2.23. The van der Waals surface area contributed by atoms with Gasteiger partial charge in [-0.25, -0.2) is 0 Å². The Morgan fingerprint density at radius 2 is 1.29 bits per heavy atom. The first-order chi connectivity index (χ1) is 11.6. The molecule has 0 saturated heterocycles. The summed E-state index contributed by atoms with van der Waals surface area (Å²) in [6.45, 7) is 0.172. The van der Waals surface area contributed by atoms with Crippen molar-refractivity contribution in [2.24, 2.45) is 11.8 Å². The van der Waals surface area contributed by atoms with Gasteiger partial charge in [-0.2, -0.15) is 0 Å². The van der Waals surface area contributed by atoms with Gasteiger partial charge in [-0.1, -0.05) is 24.3 Å². The number of aromatic hydroxyl groups is 2. The van der Waals surface area contributed by atoms with Crippen molar-refractivity contribution < 1.29 is 20.4 Å². The number of benzene rings is 2. The number of phenolic OH excluding ortho intramolecular Hbond substituents is 2. The zero-order valence-electron chi connectivity index (χ0n) is 13.8. The van der Waals surface area contributed by atoms with Crippen molar-refractivity contribution in [3.63, 3.8) is 0 Å². The number of aliphatic hydroxyl groups excluding tert-OH is 2. The Kier molecular flexibility index (Phi) is 7.09. The van der Waals surface area contributed by atoms with Crippen molar-refractivity contribution in [2.75, 3.05) is 13.2 Å². The molecule has 0 heterocycles. The number of hydrogen-bond donors (Lipinski definition) is 4. The third kappa shape index (κ3) is 5.55. The van der Waals surface area contributed by atoms with Gasteiger partial charge in [-0.3, -0.25) is 0 Å². The van der Waals surface area contributed by atoms with E-state index in [-0.39, 0.29) is 36.5 Å². The van der Waals surface area contributed by atoms with E-state index in [1.165, 1.54) is 0 Å². The van der Waals surface area contributed by atoms with Crippen LogP contribution in [-0.4, -0.2) is 33.6 Å². The molecular formula is C20H26O4. The molecular weight excluding hydrogens is 304 g/mol. The second kappa shape index (κ2) is 9.30. The fourth-order valence-electron chi connectivity index (χ4n) is 3.21. The van der Waals surface area contributed by atoms with E-state index >= 15 is 0 Å². The molecule has 0 aliphatic carbocycles. The molecule has 0 amide bonds. The maximum atomic E-state index is 9.88. The highest BCUT2D eigenvalue weighted by molar-refractivity contribution is 5.29. The molecule has 4 N–H and O–H groups in total. The quantitative estimate of drug-likeness (QED) is 0.570. The van der Waals surface area contributed by atoms with Gasteiger partial charge in [-0.05, 0) is 72.9 Å². The Morgan fingerprint density at radius 3 is 1.75 bits per heavy atom. The van der Waals surface area contributed by atoms with E-state index in [2.05, 4.69) is 0 Å². The second-order valence-corrected chi connectivity index (χ2v) is 6.32. The number of rotatable bonds is 9. The minimum absolute atomic E-state index is 0.0284. The first-order valence-corrected chi connectivity index (χ1v) is 8.40. The fourth-order valence-corrected chi connectivity index (χ4v) is 3.21. The highest BCUT2D eigenvalue weighted by atomic mass is 16.3. The van der Waals surface area contributed by atoms with Crippen LogP contribution in [0.25, 0.3) is 0 Å². The van der Waals surface area contributed by atoms with Crippen LogP contribution < -0.4 is 0 Å². The van der Waals surface area contributed by atoms with Crippen LogP contribution in [0.2, 0.25) is 0 Å². The molecule has 2 aromatic carbocycles. The molecule has 0 aromatic heterocycles. The Bertz CT molecular complexity index is 627. The fraction of sp³-hybridized carbons (Fsp3) is 0.400. The summed E-state index contributed by atoms with van der Waals surface area (Å²) in [5.41, 5.74) is 2.01. The second-order valence-electron chi connectivity index (χ2n) is 6.32. The van der Waals surface area contributed by atoms with E-state index in [0.717, 1.165) is 24.0 Å². The number of hydrogen-bond acceptors (Lipinski definition) is 4. The number of aliphatic hydroxyl groups is 2. The third-order valence-electron chi connectivity index (χ3n) is 4.45. The highest BCUT2D eigenvalue weighted by Crippen LogP contribution is 2.27. The Morgan fingerprint density at radius 1 is 0.750 bits per heavy atom. The largest absolute Gasteiger partial charge is 0.508 e. The lowest BCUT2D eigenvalue weighted by molar-refractivity contribution is 0.158. The van der Waals surface area contributed by atoms with Gasteiger partial charge in [0, 0.05) is 13.2 Å². The van der Waals surface area contributed by atoms with Crippen LogP contribution in [0, 0.1) is 11.8 Å². The van der Waals surface area contributed by atoms with Crippen LogP contribution in [0.5, 0.6) is 11.5 Å². The average Bonchev–Trinajstić information content (AvgIpc) is 2.57. The summed E-state index contributed by atoms with van der Waals surface area (Å²) in [5.74, 6) is 0.679. The highest BCUT2D eigenvalue weighted by Gasteiger charge is 2.22. The van der Waals surface area contributed by atoms with Crippen molar-refractivity contribution >= 4 is 0 Å². The minimum atomic E-state index is 0.0284. The van der Waals surface area contributed by atoms with Gasteiger partial charge in [0.05, 0.1) is 0 Å². The van der Waals surface area contributed by atoms with Gasteiger partial charge >= 0.3 is 0 Å². The maximum absolute atomic E-state index is 9.88. The van der Waals surface area contributed by atoms with Gasteiger partial charge in [0.2, 0.25) is 0 Å². The molecule has 0 aliphatic heterocycles. The molecule has 2 atom stereocenters. The molecule has 4 nitrogen and oxygen atoms in total.